The lowest BCUT2D eigenvalue weighted by molar-refractivity contribution is -0.125. The number of carbonyl (C=O) groups is 1. The highest BCUT2D eigenvalue weighted by atomic mass is 16.2. The largest absolute Gasteiger partial charge is 0.305 e. The molecule has 0 aromatic heterocycles. The van der Waals surface area contributed by atoms with Gasteiger partial charge in [0.1, 0.15) is 0 Å². The zero-order valence-electron chi connectivity index (χ0n) is 9.71. The smallest absolute Gasteiger partial charge is 0.237 e. The van der Waals surface area contributed by atoms with E-state index in [1.165, 1.54) is 6.42 Å². The van der Waals surface area contributed by atoms with Crippen molar-refractivity contribution in [2.24, 2.45) is 17.7 Å². The second-order valence-corrected chi connectivity index (χ2v) is 4.14. The van der Waals surface area contributed by atoms with E-state index in [1.54, 1.807) is 0 Å². The van der Waals surface area contributed by atoms with Crippen LogP contribution in [0.1, 0.15) is 27.2 Å². The van der Waals surface area contributed by atoms with Gasteiger partial charge in [-0.1, -0.05) is 27.2 Å². The molecule has 3 N–H and O–H groups in total. The maximum absolute atomic E-state index is 11.1. The van der Waals surface area contributed by atoms with Crippen LogP contribution in [0.25, 0.3) is 0 Å². The van der Waals surface area contributed by atoms with Crippen molar-refractivity contribution < 1.29 is 4.79 Å². The van der Waals surface area contributed by atoms with Crippen LogP contribution in [0.15, 0.2) is 0 Å². The molecule has 84 valence electrons. The monoisotopic (exact) mass is 201 g/mol. The van der Waals surface area contributed by atoms with Gasteiger partial charge in [0.25, 0.3) is 0 Å². The molecule has 4 heteroatoms. The summed E-state index contributed by atoms with van der Waals surface area (Å²) in [4.78, 5) is 13.3. The third kappa shape index (κ3) is 5.19. The van der Waals surface area contributed by atoms with Gasteiger partial charge in [0.2, 0.25) is 5.91 Å². The summed E-state index contributed by atoms with van der Waals surface area (Å²) in [6.07, 6.45) is 1.17. The van der Waals surface area contributed by atoms with E-state index in [-0.39, 0.29) is 11.8 Å². The molecule has 0 aliphatic heterocycles. The van der Waals surface area contributed by atoms with E-state index >= 15 is 0 Å². The average Bonchev–Trinajstić information content (AvgIpc) is 2.15. The molecule has 0 radical (unpaired) electrons. The lowest BCUT2D eigenvalue weighted by Gasteiger charge is -2.23. The molecule has 0 saturated carbocycles. The molecule has 0 spiro atoms. The van der Waals surface area contributed by atoms with E-state index in [0.29, 0.717) is 5.92 Å². The Kier molecular flexibility index (Phi) is 6.49. The third-order valence-electron chi connectivity index (χ3n) is 2.50. The molecule has 0 fully saturated rings. The van der Waals surface area contributed by atoms with Crippen LogP contribution in [0, 0.1) is 11.8 Å². The molecule has 0 aliphatic rings. The Balaban J connectivity index is 3.81. The van der Waals surface area contributed by atoms with Gasteiger partial charge < -0.3 is 4.90 Å². The minimum atomic E-state index is -0.0963. The fourth-order valence-corrected chi connectivity index (χ4v) is 1.43. The number of nitrogens with two attached hydrogens (primary N) is 1. The van der Waals surface area contributed by atoms with Crippen molar-refractivity contribution in [3.8, 4) is 0 Å². The normalized spacial score (nSPS) is 15.3. The number of hydrogen-bond donors (Lipinski definition) is 2. The number of amides is 1. The molecule has 0 aliphatic carbocycles. The lowest BCUT2D eigenvalue weighted by Crippen LogP contribution is -2.40. The predicted octanol–water partition coefficient (Wildman–Crippen LogP) is 0.590. The van der Waals surface area contributed by atoms with Gasteiger partial charge in [-0.05, 0) is 13.0 Å². The highest BCUT2D eigenvalue weighted by Gasteiger charge is 2.14. The standard InChI is InChI=1S/C10H23N3O/c1-5-8(2)6-13(4)7-9(3)10(14)12-11/h8-9H,5-7,11H2,1-4H3,(H,12,14). The highest BCUT2D eigenvalue weighted by Crippen LogP contribution is 2.05. The van der Waals surface area contributed by atoms with Crippen molar-refractivity contribution in [3.63, 3.8) is 0 Å². The first-order chi connectivity index (χ1) is 6.51. The number of hydrogen-bond acceptors (Lipinski definition) is 3. The molecule has 0 saturated heterocycles. The fourth-order valence-electron chi connectivity index (χ4n) is 1.43. The summed E-state index contributed by atoms with van der Waals surface area (Å²) in [6, 6.07) is 0. The Morgan fingerprint density at radius 1 is 1.43 bits per heavy atom. The van der Waals surface area contributed by atoms with E-state index in [9.17, 15) is 4.79 Å². The van der Waals surface area contributed by atoms with Gasteiger partial charge in [-0.25, -0.2) is 5.84 Å². The Labute approximate surface area is 86.8 Å². The molecule has 2 atom stereocenters. The molecule has 14 heavy (non-hydrogen) atoms. The Bertz CT molecular complexity index is 173. The van der Waals surface area contributed by atoms with Crippen LogP contribution in [0.3, 0.4) is 0 Å². The third-order valence-corrected chi connectivity index (χ3v) is 2.50. The number of nitrogens with one attached hydrogen (secondary N) is 1. The lowest BCUT2D eigenvalue weighted by atomic mass is 10.1. The topological polar surface area (TPSA) is 58.4 Å². The number of carbonyl (C=O) groups excluding carboxylic acids is 1. The van der Waals surface area contributed by atoms with Crippen LogP contribution in [0.5, 0.6) is 0 Å². The van der Waals surface area contributed by atoms with Gasteiger partial charge in [-0.2, -0.15) is 0 Å². The minimum Gasteiger partial charge on any atom is -0.305 e. The summed E-state index contributed by atoms with van der Waals surface area (Å²) in [6.45, 7) is 8.06. The van der Waals surface area contributed by atoms with Crippen molar-refractivity contribution in [1.29, 1.82) is 0 Å². The Hall–Kier alpha value is -0.610. The molecule has 0 aromatic carbocycles. The second kappa shape index (κ2) is 6.79. The first kappa shape index (κ1) is 13.4. The van der Waals surface area contributed by atoms with E-state index in [1.807, 2.05) is 14.0 Å². The maximum atomic E-state index is 11.1. The summed E-state index contributed by atoms with van der Waals surface area (Å²) in [7, 11) is 2.03. The molecule has 2 unspecified atom stereocenters. The van der Waals surface area contributed by atoms with Crippen molar-refractivity contribution >= 4 is 5.91 Å². The van der Waals surface area contributed by atoms with E-state index < -0.39 is 0 Å². The fraction of sp³-hybridized carbons (Fsp3) is 0.900. The van der Waals surface area contributed by atoms with E-state index in [0.717, 1.165) is 13.1 Å². The van der Waals surface area contributed by atoms with E-state index in [2.05, 4.69) is 24.2 Å². The predicted molar refractivity (Wildman–Crippen MR) is 58.4 cm³/mol. The van der Waals surface area contributed by atoms with Gasteiger partial charge in [-0.3, -0.25) is 10.2 Å². The molecule has 0 bridgehead atoms. The van der Waals surface area contributed by atoms with Gasteiger partial charge in [-0.15, -0.1) is 0 Å². The van der Waals surface area contributed by atoms with Crippen molar-refractivity contribution in [3.05, 3.63) is 0 Å². The van der Waals surface area contributed by atoms with Gasteiger partial charge in [0, 0.05) is 19.0 Å². The molecule has 4 nitrogen and oxygen atoms in total. The zero-order chi connectivity index (χ0) is 11.1. The number of hydrazine groups is 1. The van der Waals surface area contributed by atoms with Crippen molar-refractivity contribution in [1.82, 2.24) is 10.3 Å². The van der Waals surface area contributed by atoms with Crippen LogP contribution in [0.2, 0.25) is 0 Å². The van der Waals surface area contributed by atoms with Gasteiger partial charge in [0.15, 0.2) is 0 Å². The molecule has 0 rings (SSSR count). The minimum absolute atomic E-state index is 0.0472. The average molecular weight is 201 g/mol. The summed E-state index contributed by atoms with van der Waals surface area (Å²) in [5.74, 6) is 5.59. The number of rotatable bonds is 6. The summed E-state index contributed by atoms with van der Waals surface area (Å²) in [5.41, 5.74) is 2.17. The summed E-state index contributed by atoms with van der Waals surface area (Å²) >= 11 is 0. The van der Waals surface area contributed by atoms with Crippen LogP contribution >= 0.6 is 0 Å². The summed E-state index contributed by atoms with van der Waals surface area (Å²) in [5, 5.41) is 0. The zero-order valence-corrected chi connectivity index (χ0v) is 9.71. The molecule has 0 heterocycles. The summed E-state index contributed by atoms with van der Waals surface area (Å²) < 4.78 is 0. The number of nitrogens with zero attached hydrogens (tertiary/aromatic N) is 1. The van der Waals surface area contributed by atoms with E-state index in [4.69, 9.17) is 5.84 Å². The van der Waals surface area contributed by atoms with Crippen LogP contribution in [-0.2, 0) is 4.79 Å². The first-order valence-electron chi connectivity index (χ1n) is 5.20. The molecule has 1 amide bonds. The van der Waals surface area contributed by atoms with Crippen LogP contribution < -0.4 is 11.3 Å². The van der Waals surface area contributed by atoms with Crippen LogP contribution in [0.4, 0.5) is 0 Å². The molecule has 0 aromatic rings. The maximum Gasteiger partial charge on any atom is 0.237 e. The highest BCUT2D eigenvalue weighted by molar-refractivity contribution is 5.77. The quantitative estimate of drug-likeness (QED) is 0.376. The van der Waals surface area contributed by atoms with Crippen molar-refractivity contribution in [2.75, 3.05) is 20.1 Å². The van der Waals surface area contributed by atoms with Crippen LogP contribution in [-0.4, -0.2) is 30.9 Å². The Morgan fingerprint density at radius 3 is 2.43 bits per heavy atom. The molecular formula is C10H23N3O. The van der Waals surface area contributed by atoms with Crippen molar-refractivity contribution in [2.45, 2.75) is 27.2 Å². The SMILES string of the molecule is CCC(C)CN(C)CC(C)C(=O)NN. The Morgan fingerprint density at radius 2 is 2.00 bits per heavy atom. The second-order valence-electron chi connectivity index (χ2n) is 4.14. The van der Waals surface area contributed by atoms with Gasteiger partial charge in [0.05, 0.1) is 0 Å². The van der Waals surface area contributed by atoms with Gasteiger partial charge >= 0.3 is 0 Å². The first-order valence-corrected chi connectivity index (χ1v) is 5.20. The molecular weight excluding hydrogens is 178 g/mol.